The van der Waals surface area contributed by atoms with Crippen LogP contribution in [-0.4, -0.2) is 35.3 Å². The number of alkyl carbamates (subject to hydrolysis) is 1. The zero-order valence-electron chi connectivity index (χ0n) is 22.9. The maximum absolute atomic E-state index is 13.9. The van der Waals surface area contributed by atoms with Crippen molar-refractivity contribution in [2.45, 2.75) is 33.4 Å². The van der Waals surface area contributed by atoms with Gasteiger partial charge in [0.1, 0.15) is 17.7 Å². The summed E-state index contributed by atoms with van der Waals surface area (Å²) in [6.07, 6.45) is 0.197. The molecule has 0 aliphatic heterocycles. The molecule has 0 atom stereocenters. The van der Waals surface area contributed by atoms with Crippen LogP contribution in [0, 0.1) is 5.92 Å². The van der Waals surface area contributed by atoms with Gasteiger partial charge in [0.25, 0.3) is 5.56 Å². The Hall–Kier alpha value is -4.59. The van der Waals surface area contributed by atoms with Crippen molar-refractivity contribution >= 4 is 34.1 Å². The van der Waals surface area contributed by atoms with Crippen molar-refractivity contribution in [1.29, 1.82) is 0 Å². The first-order valence-electron chi connectivity index (χ1n) is 13.6. The lowest BCUT2D eigenvalue weighted by Crippen LogP contribution is -2.37. The van der Waals surface area contributed by atoms with Crippen molar-refractivity contribution in [1.82, 2.24) is 14.9 Å². The number of anilines is 1. The summed E-state index contributed by atoms with van der Waals surface area (Å²) in [6.45, 7) is 6.59. The quantitative estimate of drug-likeness (QED) is 0.209. The van der Waals surface area contributed by atoms with Gasteiger partial charge in [-0.2, -0.15) is 0 Å². The normalized spacial score (nSPS) is 11.3. The van der Waals surface area contributed by atoms with E-state index in [2.05, 4.69) is 24.1 Å². The third kappa shape index (κ3) is 6.34. The number of nitrogens with zero attached hydrogens (tertiary/aromatic N) is 3. The molecule has 0 saturated heterocycles. The molecular weight excluding hydrogens is 504 g/mol. The monoisotopic (exact) mass is 538 g/mol. The zero-order valence-corrected chi connectivity index (χ0v) is 22.9. The Balaban J connectivity index is 1.39. The second kappa shape index (κ2) is 12.5. The summed E-state index contributed by atoms with van der Waals surface area (Å²) in [5.41, 5.74) is 3.18. The Morgan fingerprint density at radius 2 is 1.65 bits per heavy atom. The van der Waals surface area contributed by atoms with E-state index in [-0.39, 0.29) is 17.7 Å². The Kier molecular flexibility index (Phi) is 8.44. The third-order valence-electron chi connectivity index (χ3n) is 6.60. The highest BCUT2D eigenvalue weighted by Crippen LogP contribution is 2.27. The molecule has 0 saturated carbocycles. The minimum absolute atomic E-state index is 0.212. The van der Waals surface area contributed by atoms with Gasteiger partial charge in [0.05, 0.1) is 6.54 Å². The summed E-state index contributed by atoms with van der Waals surface area (Å²) in [5.74, 6) is 0.913. The van der Waals surface area contributed by atoms with Crippen LogP contribution in [0.1, 0.15) is 31.4 Å². The van der Waals surface area contributed by atoms with E-state index in [0.717, 1.165) is 16.5 Å². The van der Waals surface area contributed by atoms with E-state index in [4.69, 9.17) is 14.1 Å². The first-order valence-corrected chi connectivity index (χ1v) is 13.6. The van der Waals surface area contributed by atoms with E-state index in [1.807, 2.05) is 84.9 Å². The predicted octanol–water partition coefficient (Wildman–Crippen LogP) is 5.97. The number of ether oxygens (including phenoxy) is 1. The van der Waals surface area contributed by atoms with Crippen LogP contribution in [-0.2, 0) is 17.9 Å². The highest BCUT2D eigenvalue weighted by Gasteiger charge is 2.22. The Bertz CT molecular complexity index is 1630. The van der Waals surface area contributed by atoms with Gasteiger partial charge in [-0.05, 0) is 35.6 Å². The fourth-order valence-electron chi connectivity index (χ4n) is 4.76. The van der Waals surface area contributed by atoms with Crippen LogP contribution in [0.3, 0.4) is 0 Å². The molecule has 2 heterocycles. The van der Waals surface area contributed by atoms with Crippen LogP contribution in [0.2, 0.25) is 0 Å². The fraction of sp³-hybridized carbons (Fsp3) is 0.281. The van der Waals surface area contributed by atoms with E-state index in [1.165, 1.54) is 0 Å². The first kappa shape index (κ1) is 27.0. The molecule has 8 heteroatoms. The number of nitrogens with one attached hydrogen (secondary N) is 1. The number of amides is 1. The van der Waals surface area contributed by atoms with Gasteiger partial charge >= 0.3 is 6.09 Å². The van der Waals surface area contributed by atoms with Crippen LogP contribution in [0.25, 0.3) is 22.1 Å². The summed E-state index contributed by atoms with van der Waals surface area (Å²) in [6, 6.07) is 27.0. The summed E-state index contributed by atoms with van der Waals surface area (Å²) < 4.78 is 13.0. The second-order valence-corrected chi connectivity index (χ2v) is 10.2. The molecule has 0 aliphatic carbocycles. The van der Waals surface area contributed by atoms with Crippen LogP contribution < -0.4 is 15.8 Å². The lowest BCUT2D eigenvalue weighted by molar-refractivity contribution is 0.139. The average molecular weight is 539 g/mol. The van der Waals surface area contributed by atoms with Gasteiger partial charge in [-0.15, -0.1) is 0 Å². The fourth-order valence-corrected chi connectivity index (χ4v) is 4.76. The molecule has 0 fully saturated rings. The van der Waals surface area contributed by atoms with E-state index < -0.39 is 6.09 Å². The SMILES string of the molecule is CC(C)CN(CCCNC(=O)OCc1ccccc1)c1nc2c(oc3ccccc32)c(=O)n1Cc1ccccc1. The molecule has 5 rings (SSSR count). The molecule has 0 radical (unpaired) electrons. The minimum atomic E-state index is -0.454. The van der Waals surface area contributed by atoms with Crippen molar-refractivity contribution in [3.8, 4) is 0 Å². The highest BCUT2D eigenvalue weighted by atomic mass is 16.5. The van der Waals surface area contributed by atoms with Gasteiger partial charge in [-0.1, -0.05) is 86.6 Å². The standard InChI is InChI=1S/C32H34N4O4/c1-23(2)20-35(19-11-18-33-32(38)39-22-25-14-7-4-8-15-25)31-34-28-26-16-9-10-17-27(26)40-29(28)30(37)36(31)21-24-12-5-3-6-13-24/h3-10,12-17,23H,11,18-22H2,1-2H3,(H,33,38). The van der Waals surface area contributed by atoms with Crippen LogP contribution in [0.5, 0.6) is 0 Å². The number of hydrogen-bond donors (Lipinski definition) is 1. The molecule has 5 aromatic rings. The zero-order chi connectivity index (χ0) is 27.9. The van der Waals surface area contributed by atoms with Crippen molar-refractivity contribution < 1.29 is 13.9 Å². The van der Waals surface area contributed by atoms with Gasteiger partial charge in [0, 0.05) is 25.0 Å². The minimum Gasteiger partial charge on any atom is -0.448 e. The second-order valence-electron chi connectivity index (χ2n) is 10.2. The van der Waals surface area contributed by atoms with Gasteiger partial charge in [0.2, 0.25) is 11.5 Å². The molecule has 0 unspecified atom stereocenters. The van der Waals surface area contributed by atoms with Gasteiger partial charge < -0.3 is 19.4 Å². The highest BCUT2D eigenvalue weighted by molar-refractivity contribution is 6.02. The smallest absolute Gasteiger partial charge is 0.407 e. The number of rotatable bonds is 11. The first-order chi connectivity index (χ1) is 19.5. The molecule has 0 spiro atoms. The van der Waals surface area contributed by atoms with E-state index in [9.17, 15) is 9.59 Å². The van der Waals surface area contributed by atoms with Gasteiger partial charge in [-0.25, -0.2) is 9.78 Å². The number of fused-ring (bicyclic) bond motifs is 3. The van der Waals surface area contributed by atoms with E-state index >= 15 is 0 Å². The summed E-state index contributed by atoms with van der Waals surface area (Å²) in [4.78, 5) is 33.3. The number of hydrogen-bond acceptors (Lipinski definition) is 6. The third-order valence-corrected chi connectivity index (χ3v) is 6.60. The molecule has 0 aliphatic rings. The summed E-state index contributed by atoms with van der Waals surface area (Å²) >= 11 is 0. The Labute approximate surface area is 233 Å². The number of benzene rings is 3. The molecule has 2 aromatic heterocycles. The molecule has 40 heavy (non-hydrogen) atoms. The Morgan fingerprint density at radius 1 is 0.975 bits per heavy atom. The van der Waals surface area contributed by atoms with E-state index in [0.29, 0.717) is 55.6 Å². The molecular formula is C32H34N4O4. The number of furan rings is 1. The molecule has 0 bridgehead atoms. The van der Waals surface area contributed by atoms with Crippen molar-refractivity contribution in [3.63, 3.8) is 0 Å². The molecule has 1 amide bonds. The lowest BCUT2D eigenvalue weighted by atomic mass is 10.2. The van der Waals surface area contributed by atoms with Crippen LogP contribution in [0.4, 0.5) is 10.7 Å². The maximum Gasteiger partial charge on any atom is 0.407 e. The average Bonchev–Trinajstić information content (AvgIpc) is 3.35. The lowest BCUT2D eigenvalue weighted by Gasteiger charge is -2.28. The molecule has 3 aromatic carbocycles. The van der Waals surface area contributed by atoms with Crippen molar-refractivity contribution in [2.24, 2.45) is 5.92 Å². The molecule has 206 valence electrons. The topological polar surface area (TPSA) is 89.6 Å². The Morgan fingerprint density at radius 3 is 2.38 bits per heavy atom. The summed E-state index contributed by atoms with van der Waals surface area (Å²) in [7, 11) is 0. The van der Waals surface area contributed by atoms with Crippen molar-refractivity contribution in [3.05, 3.63) is 106 Å². The van der Waals surface area contributed by atoms with Gasteiger partial charge in [0.15, 0.2) is 0 Å². The predicted molar refractivity (Wildman–Crippen MR) is 158 cm³/mol. The number of para-hydroxylation sites is 1. The van der Waals surface area contributed by atoms with Crippen LogP contribution >= 0.6 is 0 Å². The summed E-state index contributed by atoms with van der Waals surface area (Å²) in [5, 5.41) is 3.65. The van der Waals surface area contributed by atoms with Gasteiger partial charge in [-0.3, -0.25) is 9.36 Å². The van der Waals surface area contributed by atoms with Crippen molar-refractivity contribution in [2.75, 3.05) is 24.5 Å². The molecule has 1 N–H and O–H groups in total. The largest absolute Gasteiger partial charge is 0.448 e. The number of aromatic nitrogens is 2. The van der Waals surface area contributed by atoms with E-state index in [1.54, 1.807) is 4.57 Å². The van der Waals surface area contributed by atoms with Crippen LogP contribution in [0.15, 0.2) is 94.1 Å². The number of carbonyl (C=O) groups excluding carboxylic acids is 1. The maximum atomic E-state index is 13.9. The number of carbonyl (C=O) groups is 1. The molecule has 8 nitrogen and oxygen atoms in total.